The molecular weight excluding hydrogens is 518 g/mol. The van der Waals surface area contributed by atoms with Gasteiger partial charge in [0.05, 0.1) is 16.8 Å². The van der Waals surface area contributed by atoms with E-state index in [0.29, 0.717) is 5.16 Å². The highest BCUT2D eigenvalue weighted by Crippen LogP contribution is 2.35. The second-order valence-electron chi connectivity index (χ2n) is 8.11. The highest BCUT2D eigenvalue weighted by atomic mass is 79.9. The van der Waals surface area contributed by atoms with Crippen LogP contribution in [0.5, 0.6) is 0 Å². The van der Waals surface area contributed by atoms with Crippen LogP contribution in [0.2, 0.25) is 0 Å². The number of nitrogens with one attached hydrogen (secondary N) is 1. The third-order valence-electron chi connectivity index (χ3n) is 5.69. The van der Waals surface area contributed by atoms with E-state index in [-0.39, 0.29) is 17.2 Å². The molecule has 33 heavy (non-hydrogen) atoms. The van der Waals surface area contributed by atoms with Crippen molar-refractivity contribution >= 4 is 60.8 Å². The van der Waals surface area contributed by atoms with Crippen molar-refractivity contribution in [2.45, 2.75) is 37.8 Å². The number of rotatable bonds is 5. The van der Waals surface area contributed by atoms with E-state index in [2.05, 4.69) is 21.2 Å². The van der Waals surface area contributed by atoms with E-state index in [9.17, 15) is 9.59 Å². The Morgan fingerprint density at radius 1 is 1.18 bits per heavy atom. The van der Waals surface area contributed by atoms with E-state index < -0.39 is 0 Å². The Labute approximate surface area is 208 Å². The maximum Gasteiger partial charge on any atom is 0.267 e. The minimum atomic E-state index is -0.145. The summed E-state index contributed by atoms with van der Waals surface area (Å²) in [6, 6.07) is 15.3. The number of carbonyl (C=O) groups is 1. The Kier molecular flexibility index (Phi) is 6.40. The molecule has 5 rings (SSSR count). The lowest BCUT2D eigenvalue weighted by molar-refractivity contribution is -0.113. The zero-order chi connectivity index (χ0) is 22.9. The van der Waals surface area contributed by atoms with Crippen molar-refractivity contribution in [3.05, 3.63) is 79.4 Å². The van der Waals surface area contributed by atoms with Gasteiger partial charge in [-0.3, -0.25) is 14.2 Å². The average Bonchev–Trinajstić information content (AvgIpc) is 3.17. The molecule has 0 spiro atoms. The molecule has 1 amide bonds. The Balaban J connectivity index is 1.52. The van der Waals surface area contributed by atoms with Crippen molar-refractivity contribution in [3.63, 3.8) is 0 Å². The average molecular weight is 541 g/mol. The van der Waals surface area contributed by atoms with Crippen LogP contribution in [-0.2, 0) is 17.6 Å². The first-order chi connectivity index (χ1) is 16.0. The van der Waals surface area contributed by atoms with Crippen LogP contribution in [0, 0.1) is 6.92 Å². The summed E-state index contributed by atoms with van der Waals surface area (Å²) in [6.45, 7) is 2.02. The SMILES string of the molecule is Cc1ccc(-n2c(SCC(=O)Nc3cccc(Br)c3)nc3sc4c(c3c2=O)CCCC4)cc1. The number of carbonyl (C=O) groups excluding carboxylic acids is 1. The molecule has 5 nitrogen and oxygen atoms in total. The zero-order valence-electron chi connectivity index (χ0n) is 18.1. The fourth-order valence-corrected chi connectivity index (χ4v) is 6.61. The van der Waals surface area contributed by atoms with Crippen LogP contribution in [0.1, 0.15) is 28.8 Å². The molecule has 2 heterocycles. The number of hydrogen-bond donors (Lipinski definition) is 1. The van der Waals surface area contributed by atoms with E-state index in [0.717, 1.165) is 57.3 Å². The molecule has 1 aliphatic carbocycles. The van der Waals surface area contributed by atoms with Crippen molar-refractivity contribution in [2.75, 3.05) is 11.1 Å². The zero-order valence-corrected chi connectivity index (χ0v) is 21.3. The van der Waals surface area contributed by atoms with Gasteiger partial charge in [0.25, 0.3) is 5.56 Å². The van der Waals surface area contributed by atoms with Gasteiger partial charge in [-0.1, -0.05) is 51.5 Å². The van der Waals surface area contributed by atoms with E-state index in [4.69, 9.17) is 4.98 Å². The number of fused-ring (bicyclic) bond motifs is 3. The lowest BCUT2D eigenvalue weighted by atomic mass is 9.97. The highest BCUT2D eigenvalue weighted by molar-refractivity contribution is 9.10. The Bertz CT molecular complexity index is 1410. The maximum absolute atomic E-state index is 13.8. The number of anilines is 1. The van der Waals surface area contributed by atoms with Gasteiger partial charge in [-0.25, -0.2) is 4.98 Å². The number of benzene rings is 2. The standard InChI is InChI=1S/C25H22BrN3O2S2/c1-15-9-11-18(12-10-15)29-24(31)22-19-7-2-3-8-20(19)33-23(22)28-25(29)32-14-21(30)27-17-6-4-5-16(26)13-17/h4-6,9-13H,2-3,7-8,14H2,1H3,(H,27,30). The van der Waals surface area contributed by atoms with Crippen LogP contribution < -0.4 is 10.9 Å². The van der Waals surface area contributed by atoms with Crippen LogP contribution in [0.3, 0.4) is 0 Å². The van der Waals surface area contributed by atoms with Crippen molar-refractivity contribution in [1.82, 2.24) is 9.55 Å². The number of aromatic nitrogens is 2. The van der Waals surface area contributed by atoms with Crippen LogP contribution in [-0.4, -0.2) is 21.2 Å². The van der Waals surface area contributed by atoms with Gasteiger partial charge >= 0.3 is 0 Å². The molecule has 2 aromatic heterocycles. The first kappa shape index (κ1) is 22.4. The normalized spacial score (nSPS) is 13.2. The molecule has 1 aliphatic rings. The summed E-state index contributed by atoms with van der Waals surface area (Å²) in [5.41, 5.74) is 3.74. The summed E-state index contributed by atoms with van der Waals surface area (Å²) in [4.78, 5) is 33.3. The monoisotopic (exact) mass is 539 g/mol. The summed E-state index contributed by atoms with van der Waals surface area (Å²) >= 11 is 6.34. The van der Waals surface area contributed by atoms with Crippen LogP contribution in [0.15, 0.2) is 63.0 Å². The predicted octanol–water partition coefficient (Wildman–Crippen LogP) is 6.13. The number of nitrogens with zero attached hydrogens (tertiary/aromatic N) is 2. The molecule has 0 saturated heterocycles. The summed E-state index contributed by atoms with van der Waals surface area (Å²) in [6.07, 6.45) is 4.21. The van der Waals surface area contributed by atoms with E-state index in [1.54, 1.807) is 15.9 Å². The summed E-state index contributed by atoms with van der Waals surface area (Å²) in [5.74, 6) is 0.00916. The molecule has 0 bridgehead atoms. The number of halogens is 1. The molecule has 4 aromatic rings. The molecule has 0 unspecified atom stereocenters. The molecular formula is C25H22BrN3O2S2. The number of hydrogen-bond acceptors (Lipinski definition) is 5. The third kappa shape index (κ3) is 4.65. The fourth-order valence-electron chi connectivity index (χ4n) is 4.10. The second kappa shape index (κ2) is 9.44. The van der Waals surface area contributed by atoms with Crippen molar-refractivity contribution < 1.29 is 4.79 Å². The van der Waals surface area contributed by atoms with Gasteiger partial charge in [-0.15, -0.1) is 11.3 Å². The summed E-state index contributed by atoms with van der Waals surface area (Å²) in [5, 5.41) is 4.20. The van der Waals surface area contributed by atoms with Gasteiger partial charge in [0, 0.05) is 15.0 Å². The Morgan fingerprint density at radius 2 is 1.97 bits per heavy atom. The van der Waals surface area contributed by atoms with Gasteiger partial charge in [0.15, 0.2) is 5.16 Å². The molecule has 8 heteroatoms. The first-order valence-corrected chi connectivity index (χ1v) is 13.4. The predicted molar refractivity (Wildman–Crippen MR) is 140 cm³/mol. The maximum atomic E-state index is 13.8. The Morgan fingerprint density at radius 3 is 2.76 bits per heavy atom. The molecule has 168 valence electrons. The molecule has 0 saturated carbocycles. The molecule has 0 fully saturated rings. The van der Waals surface area contributed by atoms with Crippen LogP contribution in [0.4, 0.5) is 5.69 Å². The number of thiophene rings is 1. The van der Waals surface area contributed by atoms with Crippen LogP contribution in [0.25, 0.3) is 15.9 Å². The minimum absolute atomic E-state index is 0.0434. The highest BCUT2D eigenvalue weighted by Gasteiger charge is 2.23. The summed E-state index contributed by atoms with van der Waals surface area (Å²) in [7, 11) is 0. The molecule has 0 atom stereocenters. The van der Waals surface area contributed by atoms with Crippen molar-refractivity contribution in [2.24, 2.45) is 0 Å². The van der Waals surface area contributed by atoms with Gasteiger partial charge in [-0.2, -0.15) is 0 Å². The van der Waals surface area contributed by atoms with E-state index >= 15 is 0 Å². The Hall–Kier alpha value is -2.42. The van der Waals surface area contributed by atoms with Gasteiger partial charge in [0.1, 0.15) is 4.83 Å². The topological polar surface area (TPSA) is 64.0 Å². The quantitative estimate of drug-likeness (QED) is 0.245. The fraction of sp³-hybridized carbons (Fsp3) is 0.240. The number of aryl methyl sites for hydroxylation is 3. The largest absolute Gasteiger partial charge is 0.325 e. The first-order valence-electron chi connectivity index (χ1n) is 10.8. The lowest BCUT2D eigenvalue weighted by Gasteiger charge is -2.14. The smallest absolute Gasteiger partial charge is 0.267 e. The van der Waals surface area contributed by atoms with Crippen molar-refractivity contribution in [1.29, 1.82) is 0 Å². The number of amides is 1. The van der Waals surface area contributed by atoms with Gasteiger partial charge in [-0.05, 0) is 68.5 Å². The third-order valence-corrected chi connectivity index (χ3v) is 8.31. The van der Waals surface area contributed by atoms with E-state index in [1.807, 2.05) is 55.5 Å². The van der Waals surface area contributed by atoms with Gasteiger partial charge < -0.3 is 5.32 Å². The minimum Gasteiger partial charge on any atom is -0.325 e. The second-order valence-corrected chi connectivity index (χ2v) is 11.1. The number of thioether (sulfide) groups is 1. The molecule has 2 aromatic carbocycles. The lowest BCUT2D eigenvalue weighted by Crippen LogP contribution is -2.23. The molecule has 0 radical (unpaired) electrons. The van der Waals surface area contributed by atoms with E-state index in [1.165, 1.54) is 22.2 Å². The van der Waals surface area contributed by atoms with Crippen molar-refractivity contribution in [3.8, 4) is 5.69 Å². The van der Waals surface area contributed by atoms with Crippen LogP contribution >= 0.6 is 39.0 Å². The molecule has 1 N–H and O–H groups in total. The molecule has 0 aliphatic heterocycles. The van der Waals surface area contributed by atoms with Gasteiger partial charge in [0.2, 0.25) is 5.91 Å². The summed E-state index contributed by atoms with van der Waals surface area (Å²) < 4.78 is 2.57.